The molecule has 0 saturated heterocycles. The maximum atomic E-state index is 5.07. The minimum atomic E-state index is 0.801. The summed E-state index contributed by atoms with van der Waals surface area (Å²) >= 11 is 0. The largest absolute Gasteiger partial charge is 0.484 e. The Bertz CT molecular complexity index is 320. The molecule has 3 heteroatoms. The molecule has 2 rings (SSSR count). The minimum Gasteiger partial charge on any atom is -0.484 e. The van der Waals surface area contributed by atoms with E-state index in [-0.39, 0.29) is 0 Å². The molecule has 0 fully saturated rings. The number of aliphatic imine (C=N–C) groups is 1. The number of hydrogen-bond acceptors (Lipinski definition) is 3. The van der Waals surface area contributed by atoms with Crippen LogP contribution in [-0.2, 0) is 11.2 Å². The molecule has 1 aliphatic rings. The third-order valence-electron chi connectivity index (χ3n) is 1.98. The molecule has 1 aromatic heterocycles. The maximum absolute atomic E-state index is 5.07. The lowest BCUT2D eigenvalue weighted by atomic mass is 10.1. The number of hydrogen-bond donors (Lipinski definition) is 0. The van der Waals surface area contributed by atoms with Crippen molar-refractivity contribution >= 4 is 11.6 Å². The van der Waals surface area contributed by atoms with Crippen molar-refractivity contribution in [1.82, 2.24) is 4.98 Å². The standard InChI is InChI=1S/C9H10N2O/c1-12-9-3-2-7-4-5-10-6-8(7)11-9/h4-6H,2-3H2,1H3. The van der Waals surface area contributed by atoms with Gasteiger partial charge in [-0.3, -0.25) is 4.98 Å². The first-order valence-electron chi connectivity index (χ1n) is 3.94. The van der Waals surface area contributed by atoms with Gasteiger partial charge in [-0.1, -0.05) is 0 Å². The number of aromatic nitrogens is 1. The predicted octanol–water partition coefficient (Wildman–Crippen LogP) is 1.70. The monoisotopic (exact) mass is 162 g/mol. The van der Waals surface area contributed by atoms with Gasteiger partial charge in [0, 0.05) is 12.6 Å². The molecule has 0 amide bonds. The van der Waals surface area contributed by atoms with Crippen LogP contribution in [0.25, 0.3) is 0 Å². The van der Waals surface area contributed by atoms with E-state index in [9.17, 15) is 0 Å². The molecule has 0 radical (unpaired) electrons. The minimum absolute atomic E-state index is 0.801. The Morgan fingerprint density at radius 2 is 2.33 bits per heavy atom. The van der Waals surface area contributed by atoms with Crippen LogP contribution in [0.3, 0.4) is 0 Å². The highest BCUT2D eigenvalue weighted by Crippen LogP contribution is 2.23. The van der Waals surface area contributed by atoms with E-state index in [2.05, 4.69) is 9.98 Å². The zero-order chi connectivity index (χ0) is 8.39. The number of nitrogens with zero attached hydrogens (tertiary/aromatic N) is 2. The SMILES string of the molecule is COC1=Nc2cnccc2CC1. The predicted molar refractivity (Wildman–Crippen MR) is 46.7 cm³/mol. The number of ether oxygens (including phenoxy) is 1. The van der Waals surface area contributed by atoms with E-state index < -0.39 is 0 Å². The van der Waals surface area contributed by atoms with Gasteiger partial charge >= 0.3 is 0 Å². The van der Waals surface area contributed by atoms with E-state index in [4.69, 9.17) is 4.74 Å². The Morgan fingerprint density at radius 1 is 1.42 bits per heavy atom. The molecule has 0 aliphatic carbocycles. The van der Waals surface area contributed by atoms with Gasteiger partial charge in [0.1, 0.15) is 0 Å². The van der Waals surface area contributed by atoms with Crippen LogP contribution in [0.4, 0.5) is 5.69 Å². The summed E-state index contributed by atoms with van der Waals surface area (Å²) in [5.74, 6) is 0.801. The summed E-state index contributed by atoms with van der Waals surface area (Å²) in [6.07, 6.45) is 5.47. The fourth-order valence-corrected chi connectivity index (χ4v) is 1.31. The van der Waals surface area contributed by atoms with Crippen molar-refractivity contribution in [3.63, 3.8) is 0 Å². The van der Waals surface area contributed by atoms with Crippen molar-refractivity contribution in [1.29, 1.82) is 0 Å². The molecule has 0 saturated carbocycles. The molecule has 0 bridgehead atoms. The fourth-order valence-electron chi connectivity index (χ4n) is 1.31. The summed E-state index contributed by atoms with van der Waals surface area (Å²) in [5, 5.41) is 0. The molecule has 0 atom stereocenters. The smallest absolute Gasteiger partial charge is 0.188 e. The second-order valence-corrected chi connectivity index (χ2v) is 2.71. The van der Waals surface area contributed by atoms with E-state index in [1.807, 2.05) is 6.07 Å². The summed E-state index contributed by atoms with van der Waals surface area (Å²) in [6.45, 7) is 0. The fraction of sp³-hybridized carbons (Fsp3) is 0.333. The maximum Gasteiger partial charge on any atom is 0.188 e. The van der Waals surface area contributed by atoms with E-state index in [0.717, 1.165) is 24.4 Å². The Kier molecular flexibility index (Phi) is 1.78. The summed E-state index contributed by atoms with van der Waals surface area (Å²) < 4.78 is 5.07. The van der Waals surface area contributed by atoms with Gasteiger partial charge in [-0.2, -0.15) is 0 Å². The second kappa shape index (κ2) is 2.93. The summed E-state index contributed by atoms with van der Waals surface area (Å²) in [6, 6.07) is 2.01. The highest BCUT2D eigenvalue weighted by atomic mass is 16.5. The van der Waals surface area contributed by atoms with Crippen LogP contribution in [0.2, 0.25) is 0 Å². The average molecular weight is 162 g/mol. The zero-order valence-electron chi connectivity index (χ0n) is 6.95. The molecular weight excluding hydrogens is 152 g/mol. The molecular formula is C9H10N2O. The lowest BCUT2D eigenvalue weighted by Gasteiger charge is -2.12. The van der Waals surface area contributed by atoms with Crippen molar-refractivity contribution in [2.24, 2.45) is 4.99 Å². The van der Waals surface area contributed by atoms with Crippen molar-refractivity contribution in [2.45, 2.75) is 12.8 Å². The van der Waals surface area contributed by atoms with Gasteiger partial charge in [0.25, 0.3) is 0 Å². The first-order chi connectivity index (χ1) is 5.90. The van der Waals surface area contributed by atoms with Gasteiger partial charge in [-0.25, -0.2) is 4.99 Å². The van der Waals surface area contributed by atoms with Crippen molar-refractivity contribution in [3.05, 3.63) is 24.0 Å². The lowest BCUT2D eigenvalue weighted by Crippen LogP contribution is -2.07. The van der Waals surface area contributed by atoms with Gasteiger partial charge in [0.15, 0.2) is 5.90 Å². The number of pyridine rings is 1. The quantitative estimate of drug-likeness (QED) is 0.582. The Labute approximate surface area is 71.1 Å². The molecule has 1 aliphatic heterocycles. The second-order valence-electron chi connectivity index (χ2n) is 2.71. The van der Waals surface area contributed by atoms with Crippen LogP contribution in [-0.4, -0.2) is 18.0 Å². The first-order valence-corrected chi connectivity index (χ1v) is 3.94. The van der Waals surface area contributed by atoms with Crippen molar-refractivity contribution in [3.8, 4) is 0 Å². The molecule has 1 aromatic rings. The topological polar surface area (TPSA) is 34.5 Å². The Hall–Kier alpha value is -1.38. The van der Waals surface area contributed by atoms with Crippen LogP contribution in [0.5, 0.6) is 0 Å². The molecule has 2 heterocycles. The van der Waals surface area contributed by atoms with E-state index >= 15 is 0 Å². The number of methoxy groups -OCH3 is 1. The van der Waals surface area contributed by atoms with Crippen LogP contribution in [0.1, 0.15) is 12.0 Å². The highest BCUT2D eigenvalue weighted by Gasteiger charge is 2.10. The zero-order valence-corrected chi connectivity index (χ0v) is 6.95. The molecule has 3 nitrogen and oxygen atoms in total. The normalized spacial score (nSPS) is 14.9. The van der Waals surface area contributed by atoms with E-state index in [1.54, 1.807) is 19.5 Å². The van der Waals surface area contributed by atoms with Gasteiger partial charge in [-0.15, -0.1) is 0 Å². The van der Waals surface area contributed by atoms with Crippen molar-refractivity contribution in [2.75, 3.05) is 7.11 Å². The molecule has 12 heavy (non-hydrogen) atoms. The number of fused-ring (bicyclic) bond motifs is 1. The van der Waals surface area contributed by atoms with E-state index in [1.165, 1.54) is 5.56 Å². The van der Waals surface area contributed by atoms with Gasteiger partial charge in [0.2, 0.25) is 0 Å². The Balaban J connectivity index is 2.41. The summed E-state index contributed by atoms with van der Waals surface area (Å²) in [7, 11) is 1.65. The molecule has 62 valence electrons. The van der Waals surface area contributed by atoms with Crippen LogP contribution in [0, 0.1) is 0 Å². The highest BCUT2D eigenvalue weighted by molar-refractivity contribution is 5.81. The van der Waals surface area contributed by atoms with Crippen LogP contribution >= 0.6 is 0 Å². The molecule has 0 unspecified atom stereocenters. The summed E-state index contributed by atoms with van der Waals surface area (Å²) in [5.41, 5.74) is 2.20. The Morgan fingerprint density at radius 3 is 3.17 bits per heavy atom. The van der Waals surface area contributed by atoms with Crippen LogP contribution in [0.15, 0.2) is 23.5 Å². The third-order valence-corrected chi connectivity index (χ3v) is 1.98. The number of aryl methyl sites for hydroxylation is 1. The first kappa shape index (κ1) is 7.28. The van der Waals surface area contributed by atoms with Crippen molar-refractivity contribution < 1.29 is 4.74 Å². The van der Waals surface area contributed by atoms with Gasteiger partial charge in [-0.05, 0) is 18.1 Å². The van der Waals surface area contributed by atoms with Crippen LogP contribution < -0.4 is 0 Å². The van der Waals surface area contributed by atoms with Gasteiger partial charge in [0.05, 0.1) is 19.0 Å². The number of rotatable bonds is 0. The summed E-state index contributed by atoms with van der Waals surface area (Å²) in [4.78, 5) is 8.30. The van der Waals surface area contributed by atoms with E-state index in [0.29, 0.717) is 0 Å². The third kappa shape index (κ3) is 1.18. The molecule has 0 spiro atoms. The van der Waals surface area contributed by atoms with Gasteiger partial charge < -0.3 is 4.74 Å². The average Bonchev–Trinajstić information content (AvgIpc) is 2.17. The lowest BCUT2D eigenvalue weighted by molar-refractivity contribution is 0.388. The molecule has 0 aromatic carbocycles. The molecule has 0 N–H and O–H groups in total.